The van der Waals surface area contributed by atoms with Crippen LogP contribution in [0.3, 0.4) is 0 Å². The minimum Gasteiger partial charge on any atom is -0.378 e. The Morgan fingerprint density at radius 1 is 1.05 bits per heavy atom. The summed E-state index contributed by atoms with van der Waals surface area (Å²) in [6.45, 7) is 3.93. The normalized spacial score (nSPS) is 18.5. The van der Waals surface area contributed by atoms with E-state index in [1.807, 2.05) is 0 Å². The second-order valence-electron chi connectivity index (χ2n) is 9.57. The molecule has 0 bridgehead atoms. The third-order valence-electron chi connectivity index (χ3n) is 7.18. The van der Waals surface area contributed by atoms with E-state index in [1.54, 1.807) is 15.8 Å². The zero-order valence-corrected chi connectivity index (χ0v) is 21.5. The van der Waals surface area contributed by atoms with Crippen molar-refractivity contribution in [3.05, 3.63) is 41.6 Å². The molecule has 0 radical (unpaired) electrons. The summed E-state index contributed by atoms with van der Waals surface area (Å²) in [4.78, 5) is 26.8. The van der Waals surface area contributed by atoms with Crippen LogP contribution in [0.25, 0.3) is 28.4 Å². The molecule has 0 spiro atoms. The van der Waals surface area contributed by atoms with Gasteiger partial charge in [-0.2, -0.15) is 14.4 Å². The van der Waals surface area contributed by atoms with Gasteiger partial charge in [-0.25, -0.2) is 18.1 Å². The second-order valence-corrected chi connectivity index (χ2v) is 11.6. The number of aromatic nitrogens is 4. The maximum Gasteiger partial charge on any atom is 0.244 e. The average Bonchev–Trinajstić information content (AvgIpc) is 3.55. The third-order valence-corrected chi connectivity index (χ3v) is 8.48. The maximum absolute atomic E-state index is 13.2. The lowest BCUT2D eigenvalue weighted by molar-refractivity contribution is -0.133. The number of piperazine rings is 1. The topological polar surface area (TPSA) is 114 Å². The van der Waals surface area contributed by atoms with Crippen LogP contribution in [-0.2, 0) is 32.5 Å². The lowest BCUT2D eigenvalue weighted by atomic mass is 10.0. The highest BCUT2D eigenvalue weighted by molar-refractivity contribution is 7.88. The van der Waals surface area contributed by atoms with Gasteiger partial charge in [0.1, 0.15) is 6.54 Å². The molecular weight excluding hydrogens is 494 g/mol. The SMILES string of the molecule is CS(=O)(=O)N1CCN(C(=O)Cn2ncc3c(-c4ccc5c(c4)CC=C5)nc(N4CCOCC4)nc32)CC1. The van der Waals surface area contributed by atoms with Gasteiger partial charge in [0.25, 0.3) is 0 Å². The standard InChI is InChI=1S/C25H29N7O4S/c1-37(34,35)31-9-7-29(8-10-31)22(33)17-32-24-21(16-26-32)23(20-6-5-18-3-2-4-19(18)15-20)27-25(28-24)30-11-13-36-14-12-30/h2-3,5-6,15-16H,4,7-14,17H2,1H3. The van der Waals surface area contributed by atoms with Crippen LogP contribution in [-0.4, -0.2) is 102 Å². The molecule has 6 rings (SSSR count). The monoisotopic (exact) mass is 523 g/mol. The number of anilines is 1. The van der Waals surface area contributed by atoms with E-state index in [9.17, 15) is 13.2 Å². The quantitative estimate of drug-likeness (QED) is 0.487. The molecule has 0 atom stereocenters. The van der Waals surface area contributed by atoms with Crippen LogP contribution < -0.4 is 4.90 Å². The molecule has 0 unspecified atom stereocenters. The van der Waals surface area contributed by atoms with Gasteiger partial charge in [-0.15, -0.1) is 0 Å². The first-order valence-electron chi connectivity index (χ1n) is 12.5. The second kappa shape index (κ2) is 9.51. The highest BCUT2D eigenvalue weighted by Gasteiger charge is 2.27. The van der Waals surface area contributed by atoms with Gasteiger partial charge in [0.05, 0.1) is 36.7 Å². The highest BCUT2D eigenvalue weighted by Crippen LogP contribution is 2.32. The molecule has 3 aromatic rings. The number of amides is 1. The van der Waals surface area contributed by atoms with Crippen molar-refractivity contribution in [3.63, 3.8) is 0 Å². The fourth-order valence-corrected chi connectivity index (χ4v) is 5.91. The van der Waals surface area contributed by atoms with E-state index in [4.69, 9.17) is 14.7 Å². The molecule has 1 amide bonds. The van der Waals surface area contributed by atoms with Crippen molar-refractivity contribution >= 4 is 39.0 Å². The van der Waals surface area contributed by atoms with Crippen LogP contribution in [0.1, 0.15) is 11.1 Å². The van der Waals surface area contributed by atoms with E-state index in [-0.39, 0.29) is 12.5 Å². The van der Waals surface area contributed by atoms with E-state index in [1.165, 1.54) is 21.7 Å². The van der Waals surface area contributed by atoms with E-state index in [0.29, 0.717) is 64.1 Å². The number of allylic oxidation sites excluding steroid dienone is 1. The van der Waals surface area contributed by atoms with Gasteiger partial charge in [-0.1, -0.05) is 24.3 Å². The Hall–Kier alpha value is -3.35. The first-order chi connectivity index (χ1) is 17.9. The average molecular weight is 524 g/mol. The predicted molar refractivity (Wildman–Crippen MR) is 140 cm³/mol. The molecule has 12 heteroatoms. The molecule has 4 heterocycles. The molecule has 0 saturated carbocycles. The van der Waals surface area contributed by atoms with Crippen LogP contribution in [0.15, 0.2) is 30.5 Å². The molecule has 1 aromatic carbocycles. The lowest BCUT2D eigenvalue weighted by Crippen LogP contribution is -2.51. The Labute approximate surface area is 215 Å². The van der Waals surface area contributed by atoms with Crippen molar-refractivity contribution in [2.75, 3.05) is 63.6 Å². The number of sulfonamides is 1. The Balaban J connectivity index is 1.33. The summed E-state index contributed by atoms with van der Waals surface area (Å²) in [5.74, 6) is 0.482. The van der Waals surface area contributed by atoms with E-state index in [0.717, 1.165) is 23.1 Å². The molecule has 2 aromatic heterocycles. The van der Waals surface area contributed by atoms with Crippen molar-refractivity contribution < 1.29 is 17.9 Å². The molecular formula is C25H29N7O4S. The Morgan fingerprint density at radius 3 is 2.59 bits per heavy atom. The zero-order valence-electron chi connectivity index (χ0n) is 20.7. The number of fused-ring (bicyclic) bond motifs is 2. The first-order valence-corrected chi connectivity index (χ1v) is 14.3. The minimum absolute atomic E-state index is 0.0233. The molecule has 1 aliphatic carbocycles. The summed E-state index contributed by atoms with van der Waals surface area (Å²) in [5.41, 5.74) is 4.87. The van der Waals surface area contributed by atoms with Crippen molar-refractivity contribution in [1.82, 2.24) is 29.0 Å². The summed E-state index contributed by atoms with van der Waals surface area (Å²) in [5, 5.41) is 5.32. The van der Waals surface area contributed by atoms with Gasteiger partial charge in [0, 0.05) is 44.8 Å². The van der Waals surface area contributed by atoms with Crippen molar-refractivity contribution in [1.29, 1.82) is 0 Å². The maximum atomic E-state index is 13.2. The van der Waals surface area contributed by atoms with Gasteiger partial charge in [0.2, 0.25) is 21.9 Å². The number of morpholine rings is 1. The van der Waals surface area contributed by atoms with Gasteiger partial charge in [-0.3, -0.25) is 4.79 Å². The van der Waals surface area contributed by atoms with E-state index < -0.39 is 10.0 Å². The van der Waals surface area contributed by atoms with Crippen molar-refractivity contribution in [2.45, 2.75) is 13.0 Å². The van der Waals surface area contributed by atoms with Gasteiger partial charge < -0.3 is 14.5 Å². The molecule has 2 saturated heterocycles. The number of hydrogen-bond donors (Lipinski definition) is 0. The van der Waals surface area contributed by atoms with Crippen LogP contribution >= 0.6 is 0 Å². The van der Waals surface area contributed by atoms with Gasteiger partial charge in [0.15, 0.2) is 5.65 Å². The Bertz CT molecular complexity index is 1490. The number of carbonyl (C=O) groups excluding carboxylic acids is 1. The minimum atomic E-state index is -3.26. The first kappa shape index (κ1) is 24.0. The van der Waals surface area contributed by atoms with E-state index >= 15 is 0 Å². The summed E-state index contributed by atoms with van der Waals surface area (Å²) in [7, 11) is -3.26. The zero-order chi connectivity index (χ0) is 25.6. The Kier molecular flexibility index (Phi) is 6.17. The van der Waals surface area contributed by atoms with Crippen LogP contribution in [0.4, 0.5) is 5.95 Å². The molecule has 2 fully saturated rings. The number of benzene rings is 1. The van der Waals surface area contributed by atoms with Gasteiger partial charge >= 0.3 is 0 Å². The van der Waals surface area contributed by atoms with E-state index in [2.05, 4.69) is 40.3 Å². The fourth-order valence-electron chi connectivity index (χ4n) is 5.09. The predicted octanol–water partition coefficient (Wildman–Crippen LogP) is 1.00. The number of carbonyl (C=O) groups is 1. The van der Waals surface area contributed by atoms with Crippen LogP contribution in [0, 0.1) is 0 Å². The summed E-state index contributed by atoms with van der Waals surface area (Å²) in [6.07, 6.45) is 8.11. The number of nitrogens with zero attached hydrogens (tertiary/aromatic N) is 7. The number of hydrogen-bond acceptors (Lipinski definition) is 8. The lowest BCUT2D eigenvalue weighted by Gasteiger charge is -2.33. The molecule has 11 nitrogen and oxygen atoms in total. The largest absolute Gasteiger partial charge is 0.378 e. The molecule has 37 heavy (non-hydrogen) atoms. The molecule has 194 valence electrons. The van der Waals surface area contributed by atoms with Crippen LogP contribution in [0.5, 0.6) is 0 Å². The van der Waals surface area contributed by atoms with Crippen LogP contribution in [0.2, 0.25) is 0 Å². The smallest absolute Gasteiger partial charge is 0.244 e. The molecule has 2 aliphatic heterocycles. The summed E-state index contributed by atoms with van der Waals surface area (Å²) >= 11 is 0. The van der Waals surface area contributed by atoms with Crippen molar-refractivity contribution in [3.8, 4) is 11.3 Å². The molecule has 0 N–H and O–H groups in total. The third kappa shape index (κ3) is 4.72. The van der Waals surface area contributed by atoms with Gasteiger partial charge in [-0.05, 0) is 23.6 Å². The molecule has 3 aliphatic rings. The van der Waals surface area contributed by atoms with Crippen molar-refractivity contribution in [2.24, 2.45) is 0 Å². The number of ether oxygens (including phenoxy) is 1. The number of rotatable bonds is 5. The Morgan fingerprint density at radius 2 is 1.84 bits per heavy atom. The summed E-state index contributed by atoms with van der Waals surface area (Å²) in [6, 6.07) is 6.35. The summed E-state index contributed by atoms with van der Waals surface area (Å²) < 4.78 is 32.2. The fraction of sp³-hybridized carbons (Fsp3) is 0.440. The highest BCUT2D eigenvalue weighted by atomic mass is 32.2.